The lowest BCUT2D eigenvalue weighted by Gasteiger charge is -2.37. The third kappa shape index (κ3) is 5.49. The molecule has 0 aromatic heterocycles. The molecule has 0 aliphatic heterocycles. The van der Waals surface area contributed by atoms with Crippen LogP contribution in [-0.4, -0.2) is 0 Å². The molecule has 2 aliphatic rings. The largest absolute Gasteiger partial charge is 0.0654 e. The predicted molar refractivity (Wildman–Crippen MR) is 141 cm³/mol. The summed E-state index contributed by atoms with van der Waals surface area (Å²) in [6, 6.07) is 14.6. The first-order chi connectivity index (χ1) is 15.8. The summed E-state index contributed by atoms with van der Waals surface area (Å²) < 4.78 is 0. The van der Waals surface area contributed by atoms with Gasteiger partial charge >= 0.3 is 0 Å². The Labute approximate surface area is 198 Å². The molecule has 0 amide bonds. The minimum Gasteiger partial charge on any atom is -0.0654 e. The minimum atomic E-state index is 0.731. The summed E-state index contributed by atoms with van der Waals surface area (Å²) in [5.41, 5.74) is 9.94. The summed E-state index contributed by atoms with van der Waals surface area (Å²) in [7, 11) is 0. The zero-order valence-electron chi connectivity index (χ0n) is 20.9. The first kappa shape index (κ1) is 23.6. The van der Waals surface area contributed by atoms with Crippen molar-refractivity contribution < 1.29 is 0 Å². The van der Waals surface area contributed by atoms with E-state index in [1.54, 1.807) is 33.4 Å². The van der Waals surface area contributed by atoms with Crippen molar-refractivity contribution >= 4 is 0 Å². The van der Waals surface area contributed by atoms with Gasteiger partial charge in [0, 0.05) is 0 Å². The third-order valence-electron chi connectivity index (χ3n) is 8.24. The highest BCUT2D eigenvalue weighted by Gasteiger charge is 2.33. The van der Waals surface area contributed by atoms with Crippen LogP contribution in [0.3, 0.4) is 0 Å². The first-order valence-corrected chi connectivity index (χ1v) is 14.1. The van der Waals surface area contributed by atoms with Gasteiger partial charge in [-0.3, -0.25) is 0 Å². The van der Waals surface area contributed by atoms with Gasteiger partial charge in [0.15, 0.2) is 0 Å². The van der Waals surface area contributed by atoms with E-state index in [0.29, 0.717) is 0 Å². The molecule has 0 heterocycles. The number of hydrogen-bond acceptors (Lipinski definition) is 0. The van der Waals surface area contributed by atoms with Crippen LogP contribution >= 0.6 is 0 Å². The van der Waals surface area contributed by atoms with Gasteiger partial charge in [0.1, 0.15) is 0 Å². The van der Waals surface area contributed by atoms with E-state index < -0.39 is 0 Å². The zero-order chi connectivity index (χ0) is 22.2. The average molecular weight is 431 g/mol. The van der Waals surface area contributed by atoms with Crippen LogP contribution in [0.4, 0.5) is 0 Å². The maximum Gasteiger partial charge on any atom is -0.0111 e. The Kier molecular flexibility index (Phi) is 8.89. The number of rotatable bonds is 14. The molecular formula is C32H46. The van der Waals surface area contributed by atoms with Gasteiger partial charge in [0.25, 0.3) is 0 Å². The second-order valence-corrected chi connectivity index (χ2v) is 10.7. The van der Waals surface area contributed by atoms with E-state index in [-0.39, 0.29) is 0 Å². The Morgan fingerprint density at radius 2 is 0.938 bits per heavy atom. The van der Waals surface area contributed by atoms with Crippen LogP contribution in [0.15, 0.2) is 36.4 Å². The summed E-state index contributed by atoms with van der Waals surface area (Å²) in [6.45, 7) is 4.62. The molecule has 2 aliphatic carbocycles. The molecular weight excluding hydrogens is 384 g/mol. The third-order valence-corrected chi connectivity index (χ3v) is 8.24. The van der Waals surface area contributed by atoms with E-state index in [9.17, 15) is 0 Å². The molecule has 0 N–H and O–H groups in total. The first-order valence-electron chi connectivity index (χ1n) is 14.1. The van der Waals surface area contributed by atoms with Gasteiger partial charge in [-0.1, -0.05) is 127 Å². The fraction of sp³-hybridized carbons (Fsp3) is 0.625. The highest BCUT2D eigenvalue weighted by atomic mass is 14.4. The van der Waals surface area contributed by atoms with Crippen molar-refractivity contribution in [2.45, 2.75) is 128 Å². The smallest absolute Gasteiger partial charge is 0.0111 e. The van der Waals surface area contributed by atoms with E-state index in [1.807, 2.05) is 0 Å². The fourth-order valence-corrected chi connectivity index (χ4v) is 6.48. The summed E-state index contributed by atoms with van der Waals surface area (Å²) in [5.74, 6) is 1.46. The van der Waals surface area contributed by atoms with E-state index >= 15 is 0 Å². The van der Waals surface area contributed by atoms with Crippen molar-refractivity contribution in [3.63, 3.8) is 0 Å². The van der Waals surface area contributed by atoms with Crippen LogP contribution in [0, 0.1) is 0 Å². The highest BCUT2D eigenvalue weighted by molar-refractivity contribution is 5.82. The molecule has 2 unspecified atom stereocenters. The molecule has 2 atom stereocenters. The van der Waals surface area contributed by atoms with Gasteiger partial charge in [-0.05, 0) is 70.9 Å². The SMILES string of the molecule is CCCCCCCCC1Cc2cccc3c2-c2c(cccc21)CC3CCCCCCCC. The van der Waals surface area contributed by atoms with E-state index in [0.717, 1.165) is 11.8 Å². The quantitative estimate of drug-likeness (QED) is 0.261. The van der Waals surface area contributed by atoms with E-state index in [1.165, 1.54) is 103 Å². The second kappa shape index (κ2) is 12.1. The monoisotopic (exact) mass is 430 g/mol. The van der Waals surface area contributed by atoms with Crippen LogP contribution < -0.4 is 0 Å². The molecule has 0 saturated carbocycles. The van der Waals surface area contributed by atoms with Crippen molar-refractivity contribution in [1.29, 1.82) is 0 Å². The molecule has 174 valence electrons. The van der Waals surface area contributed by atoms with Gasteiger partial charge in [0.2, 0.25) is 0 Å². The minimum absolute atomic E-state index is 0.731. The molecule has 2 aromatic rings. The molecule has 32 heavy (non-hydrogen) atoms. The van der Waals surface area contributed by atoms with Gasteiger partial charge < -0.3 is 0 Å². The molecule has 4 rings (SSSR count). The van der Waals surface area contributed by atoms with E-state index in [2.05, 4.69) is 50.2 Å². The summed E-state index contributed by atoms with van der Waals surface area (Å²) >= 11 is 0. The van der Waals surface area contributed by atoms with Crippen molar-refractivity contribution in [3.8, 4) is 11.1 Å². The van der Waals surface area contributed by atoms with Gasteiger partial charge in [-0.25, -0.2) is 0 Å². The van der Waals surface area contributed by atoms with Crippen LogP contribution in [0.2, 0.25) is 0 Å². The highest BCUT2D eigenvalue weighted by Crippen LogP contribution is 2.51. The van der Waals surface area contributed by atoms with Crippen molar-refractivity contribution in [1.82, 2.24) is 0 Å². The van der Waals surface area contributed by atoms with Crippen molar-refractivity contribution in [2.24, 2.45) is 0 Å². The lowest BCUT2D eigenvalue weighted by molar-refractivity contribution is 0.521. The number of hydrogen-bond donors (Lipinski definition) is 0. The van der Waals surface area contributed by atoms with Crippen LogP contribution in [0.5, 0.6) is 0 Å². The number of benzene rings is 2. The molecule has 0 radical (unpaired) electrons. The molecule has 0 heteroatoms. The molecule has 0 spiro atoms. The maximum atomic E-state index is 2.47. The standard InChI is InChI=1S/C32H46/c1-3-5-7-9-11-13-17-25-23-27-19-16-22-30-26(18-14-12-10-8-6-4-2)24-28-20-15-21-29(25)31(28)32(27)30/h15-16,19-22,25-26H,3-14,17-18,23-24H2,1-2H3. The van der Waals surface area contributed by atoms with Crippen LogP contribution in [-0.2, 0) is 12.8 Å². The number of unbranched alkanes of at least 4 members (excludes halogenated alkanes) is 10. The van der Waals surface area contributed by atoms with Crippen LogP contribution in [0.25, 0.3) is 11.1 Å². The van der Waals surface area contributed by atoms with Gasteiger partial charge in [0.05, 0.1) is 0 Å². The predicted octanol–water partition coefficient (Wildman–Crippen LogP) is 10.1. The summed E-state index contributed by atoms with van der Waals surface area (Å²) in [4.78, 5) is 0. The topological polar surface area (TPSA) is 0 Å². The lowest BCUT2D eigenvalue weighted by atomic mass is 9.67. The Bertz CT molecular complexity index is 774. The molecule has 0 saturated heterocycles. The molecule has 0 bridgehead atoms. The zero-order valence-corrected chi connectivity index (χ0v) is 20.9. The summed E-state index contributed by atoms with van der Waals surface area (Å²) in [6.07, 6.45) is 22.1. The average Bonchev–Trinajstić information content (AvgIpc) is 2.82. The molecule has 0 fully saturated rings. The van der Waals surface area contributed by atoms with E-state index in [4.69, 9.17) is 0 Å². The second-order valence-electron chi connectivity index (χ2n) is 10.7. The van der Waals surface area contributed by atoms with Crippen molar-refractivity contribution in [3.05, 3.63) is 58.7 Å². The molecule has 0 nitrogen and oxygen atoms in total. The Balaban J connectivity index is 1.45. The van der Waals surface area contributed by atoms with Gasteiger partial charge in [-0.2, -0.15) is 0 Å². The van der Waals surface area contributed by atoms with Gasteiger partial charge in [-0.15, -0.1) is 0 Å². The summed E-state index contributed by atoms with van der Waals surface area (Å²) in [5, 5.41) is 0. The van der Waals surface area contributed by atoms with Crippen molar-refractivity contribution in [2.75, 3.05) is 0 Å². The normalized spacial score (nSPS) is 18.6. The Hall–Kier alpha value is -1.56. The maximum absolute atomic E-state index is 2.47. The Morgan fingerprint density at radius 3 is 1.38 bits per heavy atom. The Morgan fingerprint density at radius 1 is 0.531 bits per heavy atom. The van der Waals surface area contributed by atoms with Crippen LogP contribution in [0.1, 0.15) is 138 Å². The fourth-order valence-electron chi connectivity index (χ4n) is 6.48. The molecule has 2 aromatic carbocycles. The lowest BCUT2D eigenvalue weighted by Crippen LogP contribution is -2.20.